The van der Waals surface area contributed by atoms with Crippen molar-refractivity contribution in [2.45, 2.75) is 31.9 Å². The average Bonchev–Trinajstić information content (AvgIpc) is 2.65. The lowest BCUT2D eigenvalue weighted by Gasteiger charge is -2.29. The molecule has 1 aromatic rings. The minimum atomic E-state index is 0.302. The van der Waals surface area contributed by atoms with Gasteiger partial charge in [0.2, 0.25) is 0 Å². The van der Waals surface area contributed by atoms with Crippen molar-refractivity contribution in [2.24, 2.45) is 0 Å². The summed E-state index contributed by atoms with van der Waals surface area (Å²) in [5, 5.41) is 0. The summed E-state index contributed by atoms with van der Waals surface area (Å²) < 4.78 is 7.54. The number of carbonyl (C=O) groups is 1. The molecule has 2 atom stereocenters. The quantitative estimate of drug-likeness (QED) is 0.673. The van der Waals surface area contributed by atoms with Crippen LogP contribution in [0.25, 0.3) is 0 Å². The molecule has 1 saturated heterocycles. The Kier molecular flexibility index (Phi) is 2.68. The first-order valence-electron chi connectivity index (χ1n) is 5.05. The Labute approximate surface area is 83.7 Å². The molecule has 1 aromatic heterocycles. The van der Waals surface area contributed by atoms with E-state index in [1.54, 1.807) is 0 Å². The maximum atomic E-state index is 10.8. The number of nitrogens with zero attached hydrogens (tertiary/aromatic N) is 1. The van der Waals surface area contributed by atoms with Crippen LogP contribution >= 0.6 is 0 Å². The van der Waals surface area contributed by atoms with Crippen LogP contribution in [0, 0.1) is 0 Å². The fourth-order valence-corrected chi connectivity index (χ4v) is 2.07. The van der Waals surface area contributed by atoms with Crippen molar-refractivity contribution < 1.29 is 9.53 Å². The minimum absolute atomic E-state index is 0.302. The van der Waals surface area contributed by atoms with Crippen molar-refractivity contribution in [3.05, 3.63) is 24.0 Å². The molecule has 3 nitrogen and oxygen atoms in total. The number of hydrogen-bond donors (Lipinski definition) is 0. The lowest BCUT2D eigenvalue weighted by Crippen LogP contribution is -2.25. The van der Waals surface area contributed by atoms with E-state index in [1.165, 1.54) is 0 Å². The molecule has 0 aromatic carbocycles. The van der Waals surface area contributed by atoms with Gasteiger partial charge in [-0.25, -0.2) is 0 Å². The maximum Gasteiger partial charge on any atom is 0.166 e. The van der Waals surface area contributed by atoms with Crippen molar-refractivity contribution in [1.29, 1.82) is 0 Å². The maximum absolute atomic E-state index is 10.8. The summed E-state index contributed by atoms with van der Waals surface area (Å²) in [6, 6.07) is 4.20. The standard InChI is InChI=1S/C11H15NO2/c1-9-7-10(4-6-14-9)12-5-2-3-11(12)8-13/h2-3,5,8-10H,4,6-7H2,1H3. The van der Waals surface area contributed by atoms with Crippen LogP contribution in [0.3, 0.4) is 0 Å². The third-order valence-electron chi connectivity index (χ3n) is 2.78. The van der Waals surface area contributed by atoms with E-state index in [4.69, 9.17) is 4.74 Å². The monoisotopic (exact) mass is 193 g/mol. The van der Waals surface area contributed by atoms with Gasteiger partial charge in [-0.15, -0.1) is 0 Å². The molecular weight excluding hydrogens is 178 g/mol. The summed E-state index contributed by atoms with van der Waals surface area (Å²) in [4.78, 5) is 10.8. The Bertz CT molecular complexity index is 319. The van der Waals surface area contributed by atoms with E-state index in [0.717, 1.165) is 31.4 Å². The second-order valence-corrected chi connectivity index (χ2v) is 3.82. The van der Waals surface area contributed by atoms with E-state index in [9.17, 15) is 4.79 Å². The zero-order chi connectivity index (χ0) is 9.97. The van der Waals surface area contributed by atoms with Crippen LogP contribution in [-0.2, 0) is 4.74 Å². The van der Waals surface area contributed by atoms with Gasteiger partial charge >= 0.3 is 0 Å². The van der Waals surface area contributed by atoms with Gasteiger partial charge in [0.1, 0.15) is 0 Å². The Balaban J connectivity index is 2.17. The molecule has 1 aliphatic heterocycles. The van der Waals surface area contributed by atoms with E-state index in [-0.39, 0.29) is 0 Å². The van der Waals surface area contributed by atoms with Crippen LogP contribution in [0.15, 0.2) is 18.3 Å². The summed E-state index contributed by atoms with van der Waals surface area (Å²) >= 11 is 0. The Morgan fingerprint density at radius 3 is 3.21 bits per heavy atom. The van der Waals surface area contributed by atoms with Crippen LogP contribution < -0.4 is 0 Å². The first-order valence-corrected chi connectivity index (χ1v) is 5.05. The normalized spacial score (nSPS) is 27.5. The highest BCUT2D eigenvalue weighted by molar-refractivity contribution is 5.72. The highest BCUT2D eigenvalue weighted by Crippen LogP contribution is 2.25. The second-order valence-electron chi connectivity index (χ2n) is 3.82. The van der Waals surface area contributed by atoms with Crippen LogP contribution in [0.4, 0.5) is 0 Å². The molecule has 0 saturated carbocycles. The van der Waals surface area contributed by atoms with Gasteiger partial charge < -0.3 is 9.30 Å². The highest BCUT2D eigenvalue weighted by Gasteiger charge is 2.21. The lowest BCUT2D eigenvalue weighted by molar-refractivity contribution is 0.00570. The largest absolute Gasteiger partial charge is 0.378 e. The van der Waals surface area contributed by atoms with E-state index in [1.807, 2.05) is 18.3 Å². The highest BCUT2D eigenvalue weighted by atomic mass is 16.5. The van der Waals surface area contributed by atoms with Gasteiger partial charge in [0, 0.05) is 18.8 Å². The van der Waals surface area contributed by atoms with Crippen LogP contribution in [0.5, 0.6) is 0 Å². The molecule has 0 aliphatic carbocycles. The van der Waals surface area contributed by atoms with E-state index >= 15 is 0 Å². The molecule has 0 radical (unpaired) electrons. The van der Waals surface area contributed by atoms with Crippen LogP contribution in [-0.4, -0.2) is 23.6 Å². The minimum Gasteiger partial charge on any atom is -0.378 e. The number of aldehydes is 1. The van der Waals surface area contributed by atoms with Crippen molar-refractivity contribution >= 4 is 6.29 Å². The average molecular weight is 193 g/mol. The zero-order valence-corrected chi connectivity index (χ0v) is 8.35. The summed E-state index contributed by atoms with van der Waals surface area (Å²) in [6.07, 6.45) is 5.19. The lowest BCUT2D eigenvalue weighted by atomic mass is 10.0. The summed E-state index contributed by atoms with van der Waals surface area (Å²) in [5.74, 6) is 0. The fraction of sp³-hybridized carbons (Fsp3) is 0.545. The molecular formula is C11H15NO2. The second kappa shape index (κ2) is 3.96. The number of hydrogen-bond acceptors (Lipinski definition) is 2. The Hall–Kier alpha value is -1.09. The van der Waals surface area contributed by atoms with E-state index in [2.05, 4.69) is 11.5 Å². The van der Waals surface area contributed by atoms with Gasteiger partial charge in [-0.3, -0.25) is 4.79 Å². The van der Waals surface area contributed by atoms with Gasteiger partial charge in [0.15, 0.2) is 6.29 Å². The van der Waals surface area contributed by atoms with E-state index in [0.29, 0.717) is 12.1 Å². The number of rotatable bonds is 2. The Morgan fingerprint density at radius 2 is 2.50 bits per heavy atom. The number of ether oxygens (including phenoxy) is 1. The predicted octanol–water partition coefficient (Wildman–Crippen LogP) is 2.04. The van der Waals surface area contributed by atoms with Gasteiger partial charge in [0.05, 0.1) is 11.8 Å². The first-order chi connectivity index (χ1) is 6.81. The molecule has 0 bridgehead atoms. The van der Waals surface area contributed by atoms with Crippen molar-refractivity contribution in [3.8, 4) is 0 Å². The molecule has 2 rings (SSSR count). The molecule has 1 fully saturated rings. The van der Waals surface area contributed by atoms with Crippen LogP contribution in [0.1, 0.15) is 36.3 Å². The van der Waals surface area contributed by atoms with Crippen LogP contribution in [0.2, 0.25) is 0 Å². The zero-order valence-electron chi connectivity index (χ0n) is 8.35. The number of aromatic nitrogens is 1. The topological polar surface area (TPSA) is 31.2 Å². The summed E-state index contributed by atoms with van der Waals surface area (Å²) in [5.41, 5.74) is 0.768. The molecule has 2 heterocycles. The molecule has 1 aliphatic rings. The molecule has 3 heteroatoms. The van der Waals surface area contributed by atoms with Crippen molar-refractivity contribution in [1.82, 2.24) is 4.57 Å². The predicted molar refractivity (Wildman–Crippen MR) is 53.5 cm³/mol. The molecule has 2 unspecified atom stereocenters. The van der Waals surface area contributed by atoms with Gasteiger partial charge in [-0.1, -0.05) is 0 Å². The van der Waals surface area contributed by atoms with Crippen molar-refractivity contribution in [2.75, 3.05) is 6.61 Å². The first kappa shape index (κ1) is 9.46. The van der Waals surface area contributed by atoms with Crippen molar-refractivity contribution in [3.63, 3.8) is 0 Å². The molecule has 0 spiro atoms. The Morgan fingerprint density at radius 1 is 1.64 bits per heavy atom. The smallest absolute Gasteiger partial charge is 0.166 e. The summed E-state index contributed by atoms with van der Waals surface area (Å²) in [6.45, 7) is 2.87. The number of carbonyl (C=O) groups excluding carboxylic acids is 1. The molecule has 0 N–H and O–H groups in total. The SMILES string of the molecule is CC1CC(n2cccc2C=O)CCO1. The molecule has 14 heavy (non-hydrogen) atoms. The molecule has 76 valence electrons. The van der Waals surface area contributed by atoms with Gasteiger partial charge in [-0.2, -0.15) is 0 Å². The van der Waals surface area contributed by atoms with E-state index < -0.39 is 0 Å². The fourth-order valence-electron chi connectivity index (χ4n) is 2.07. The third-order valence-corrected chi connectivity index (χ3v) is 2.78. The van der Waals surface area contributed by atoms with Gasteiger partial charge in [-0.05, 0) is 31.9 Å². The third kappa shape index (κ3) is 1.73. The van der Waals surface area contributed by atoms with Gasteiger partial charge in [0.25, 0.3) is 0 Å². The summed E-state index contributed by atoms with van der Waals surface area (Å²) in [7, 11) is 0. The molecule has 0 amide bonds.